The third-order valence-corrected chi connectivity index (χ3v) is 3.79. The number of aliphatic carboxylic acids is 1. The first-order valence-electron chi connectivity index (χ1n) is 7.78. The number of nitrogens with one attached hydrogen (secondary N) is 2. The van der Waals surface area contributed by atoms with E-state index in [2.05, 4.69) is 10.6 Å². The van der Waals surface area contributed by atoms with Crippen molar-refractivity contribution in [2.75, 3.05) is 13.1 Å². The molecule has 1 saturated heterocycles. The van der Waals surface area contributed by atoms with Gasteiger partial charge in [0.15, 0.2) is 0 Å². The van der Waals surface area contributed by atoms with Gasteiger partial charge in [-0.05, 0) is 19.8 Å². The average molecular weight is 357 g/mol. The molecule has 11 heteroatoms. The molecule has 7 N–H and O–H groups in total. The van der Waals surface area contributed by atoms with E-state index in [4.69, 9.17) is 16.6 Å². The first-order chi connectivity index (χ1) is 11.7. The predicted molar refractivity (Wildman–Crippen MR) is 84.8 cm³/mol. The summed E-state index contributed by atoms with van der Waals surface area (Å²) in [6.07, 6.45) is 0.443. The number of nitrogens with zero attached hydrogens (tertiary/aromatic N) is 1. The second-order valence-corrected chi connectivity index (χ2v) is 5.75. The molecule has 4 amide bonds. The third-order valence-electron chi connectivity index (χ3n) is 3.79. The minimum Gasteiger partial charge on any atom is -0.480 e. The first kappa shape index (κ1) is 20.4. The highest BCUT2D eigenvalue weighted by molar-refractivity contribution is 5.96. The highest BCUT2D eigenvalue weighted by atomic mass is 16.4. The molecule has 1 aliphatic rings. The summed E-state index contributed by atoms with van der Waals surface area (Å²) in [7, 11) is 0. The number of primary amides is 1. The zero-order chi connectivity index (χ0) is 19.1. The van der Waals surface area contributed by atoms with Crippen molar-refractivity contribution in [3.8, 4) is 0 Å². The van der Waals surface area contributed by atoms with Crippen LogP contribution in [-0.2, 0) is 24.0 Å². The zero-order valence-electron chi connectivity index (χ0n) is 13.9. The second kappa shape index (κ2) is 8.97. The van der Waals surface area contributed by atoms with Crippen LogP contribution in [0.1, 0.15) is 26.2 Å². The van der Waals surface area contributed by atoms with E-state index < -0.39 is 54.1 Å². The monoisotopic (exact) mass is 357 g/mol. The van der Waals surface area contributed by atoms with Gasteiger partial charge in [-0.15, -0.1) is 0 Å². The lowest BCUT2D eigenvalue weighted by molar-refractivity contribution is -0.145. The van der Waals surface area contributed by atoms with Gasteiger partial charge in [0.1, 0.15) is 18.1 Å². The van der Waals surface area contributed by atoms with Crippen LogP contribution in [0.5, 0.6) is 0 Å². The molecule has 1 aliphatic heterocycles. The average Bonchev–Trinajstić information content (AvgIpc) is 3.02. The van der Waals surface area contributed by atoms with Crippen LogP contribution in [0.25, 0.3) is 0 Å². The lowest BCUT2D eigenvalue weighted by Gasteiger charge is -2.28. The summed E-state index contributed by atoms with van der Waals surface area (Å²) in [5.41, 5.74) is 10.3. The van der Waals surface area contributed by atoms with Crippen molar-refractivity contribution in [2.45, 2.75) is 44.3 Å². The molecule has 1 rings (SSSR count). The van der Waals surface area contributed by atoms with E-state index in [0.717, 1.165) is 0 Å². The highest BCUT2D eigenvalue weighted by Gasteiger charge is 2.38. The number of hydrogen-bond acceptors (Lipinski definition) is 6. The first-order valence-corrected chi connectivity index (χ1v) is 7.78. The second-order valence-electron chi connectivity index (χ2n) is 5.75. The van der Waals surface area contributed by atoms with Crippen molar-refractivity contribution in [2.24, 2.45) is 11.5 Å². The molecule has 25 heavy (non-hydrogen) atoms. The third kappa shape index (κ3) is 5.71. The molecule has 1 fully saturated rings. The van der Waals surface area contributed by atoms with Gasteiger partial charge in [0.2, 0.25) is 23.6 Å². The molecule has 0 saturated carbocycles. The van der Waals surface area contributed by atoms with Gasteiger partial charge >= 0.3 is 5.97 Å². The van der Waals surface area contributed by atoms with Crippen LogP contribution in [0, 0.1) is 0 Å². The maximum Gasteiger partial charge on any atom is 0.325 e. The fourth-order valence-electron chi connectivity index (χ4n) is 2.53. The summed E-state index contributed by atoms with van der Waals surface area (Å²) in [5.74, 6) is -3.88. The van der Waals surface area contributed by atoms with E-state index in [9.17, 15) is 24.0 Å². The van der Waals surface area contributed by atoms with Crippen molar-refractivity contribution < 1.29 is 29.1 Å². The number of carboxylic acids is 1. The molecule has 0 radical (unpaired) electrons. The van der Waals surface area contributed by atoms with Crippen molar-refractivity contribution in [1.82, 2.24) is 15.5 Å². The molecule has 0 spiro atoms. The Bertz CT molecular complexity index is 566. The summed E-state index contributed by atoms with van der Waals surface area (Å²) in [6.45, 7) is 1.17. The number of amides is 4. The van der Waals surface area contributed by atoms with E-state index >= 15 is 0 Å². The molecule has 140 valence electrons. The van der Waals surface area contributed by atoms with Crippen LogP contribution in [0.15, 0.2) is 0 Å². The summed E-state index contributed by atoms with van der Waals surface area (Å²) < 4.78 is 0. The van der Waals surface area contributed by atoms with E-state index in [0.29, 0.717) is 12.8 Å². The Kier molecular flexibility index (Phi) is 7.30. The SMILES string of the molecule is CC(NC(=O)C1CCCN1C(=O)C(CC(N)=O)NC(=O)CN)C(=O)O. The Labute approximate surface area is 144 Å². The number of rotatable bonds is 8. The Morgan fingerprint density at radius 1 is 1.24 bits per heavy atom. The molecule has 0 aromatic rings. The maximum absolute atomic E-state index is 12.6. The van der Waals surface area contributed by atoms with Crippen LogP contribution in [-0.4, -0.2) is 70.8 Å². The summed E-state index contributed by atoms with van der Waals surface area (Å²) in [5, 5.41) is 13.5. The van der Waals surface area contributed by atoms with Crippen molar-refractivity contribution in [1.29, 1.82) is 0 Å². The Morgan fingerprint density at radius 2 is 1.88 bits per heavy atom. The van der Waals surface area contributed by atoms with Crippen molar-refractivity contribution >= 4 is 29.6 Å². The van der Waals surface area contributed by atoms with E-state index in [1.54, 1.807) is 0 Å². The maximum atomic E-state index is 12.6. The van der Waals surface area contributed by atoms with Gasteiger partial charge in [-0.2, -0.15) is 0 Å². The molecule has 0 aliphatic carbocycles. The number of carboxylic acid groups (broad SMARTS) is 1. The van der Waals surface area contributed by atoms with Gasteiger partial charge in [-0.1, -0.05) is 0 Å². The lowest BCUT2D eigenvalue weighted by Crippen LogP contribution is -2.56. The van der Waals surface area contributed by atoms with E-state index in [1.807, 2.05) is 0 Å². The van der Waals surface area contributed by atoms with Gasteiger partial charge in [-0.25, -0.2) is 0 Å². The van der Waals surface area contributed by atoms with Crippen molar-refractivity contribution in [3.05, 3.63) is 0 Å². The standard InChI is InChI=1S/C14H23N5O6/c1-7(14(24)25)17-12(22)9-3-2-4-19(9)13(23)8(5-10(16)20)18-11(21)6-15/h7-9H,2-6,15H2,1H3,(H2,16,20)(H,17,22)(H,18,21)(H,24,25). The Morgan fingerprint density at radius 3 is 2.40 bits per heavy atom. The molecule has 1 heterocycles. The summed E-state index contributed by atoms with van der Waals surface area (Å²) in [6, 6.07) is -3.21. The summed E-state index contributed by atoms with van der Waals surface area (Å²) in [4.78, 5) is 59.5. The van der Waals surface area contributed by atoms with Gasteiger partial charge < -0.3 is 32.1 Å². The van der Waals surface area contributed by atoms with E-state index in [1.165, 1.54) is 11.8 Å². The lowest BCUT2D eigenvalue weighted by atomic mass is 10.1. The number of carbonyl (C=O) groups excluding carboxylic acids is 4. The van der Waals surface area contributed by atoms with Gasteiger partial charge in [0, 0.05) is 6.54 Å². The Hall–Kier alpha value is -2.69. The molecule has 3 unspecified atom stereocenters. The fourth-order valence-corrected chi connectivity index (χ4v) is 2.53. The molecule has 11 nitrogen and oxygen atoms in total. The van der Waals surface area contributed by atoms with Crippen LogP contribution in [0.3, 0.4) is 0 Å². The van der Waals surface area contributed by atoms with Crippen LogP contribution in [0.4, 0.5) is 0 Å². The zero-order valence-corrected chi connectivity index (χ0v) is 13.9. The largest absolute Gasteiger partial charge is 0.480 e. The van der Waals surface area contributed by atoms with Gasteiger partial charge in [0.25, 0.3) is 0 Å². The molecular weight excluding hydrogens is 334 g/mol. The quantitative estimate of drug-likeness (QED) is 0.304. The molecular formula is C14H23N5O6. The number of hydrogen-bond donors (Lipinski definition) is 5. The van der Waals surface area contributed by atoms with Gasteiger partial charge in [0.05, 0.1) is 13.0 Å². The minimum atomic E-state index is -1.22. The van der Waals surface area contributed by atoms with E-state index in [-0.39, 0.29) is 13.1 Å². The van der Waals surface area contributed by atoms with Gasteiger partial charge in [-0.3, -0.25) is 24.0 Å². The summed E-state index contributed by atoms with van der Waals surface area (Å²) >= 11 is 0. The number of carbonyl (C=O) groups is 5. The minimum absolute atomic E-state index is 0.242. The van der Waals surface area contributed by atoms with Crippen LogP contribution < -0.4 is 22.1 Å². The van der Waals surface area contributed by atoms with Crippen LogP contribution >= 0.6 is 0 Å². The normalized spacial score (nSPS) is 19.0. The molecule has 0 aromatic carbocycles. The van der Waals surface area contributed by atoms with Crippen molar-refractivity contribution in [3.63, 3.8) is 0 Å². The fraction of sp³-hybridized carbons (Fsp3) is 0.643. The number of nitrogens with two attached hydrogens (primary N) is 2. The highest BCUT2D eigenvalue weighted by Crippen LogP contribution is 2.19. The predicted octanol–water partition coefficient (Wildman–Crippen LogP) is -3.11. The van der Waals surface area contributed by atoms with Crippen LogP contribution in [0.2, 0.25) is 0 Å². The molecule has 3 atom stereocenters. The number of likely N-dealkylation sites (tertiary alicyclic amines) is 1. The Balaban J connectivity index is 2.87. The molecule has 0 bridgehead atoms. The molecule has 0 aromatic heterocycles. The topological polar surface area (TPSA) is 185 Å². The smallest absolute Gasteiger partial charge is 0.325 e.